The zero-order valence-corrected chi connectivity index (χ0v) is 23.6. The number of rotatable bonds is 5. The highest BCUT2D eigenvalue weighted by Crippen LogP contribution is 2.68. The Morgan fingerprint density at radius 3 is 2.35 bits per heavy atom. The Morgan fingerprint density at radius 1 is 0.925 bits per heavy atom. The average molecular weight is 559 g/mol. The van der Waals surface area contributed by atoms with E-state index in [0.29, 0.717) is 36.7 Å². The molecule has 0 bridgehead atoms. The lowest BCUT2D eigenvalue weighted by Crippen LogP contribution is -2.59. The summed E-state index contributed by atoms with van der Waals surface area (Å²) < 4.78 is 6.14. The Bertz CT molecular complexity index is 1400. The molecule has 4 aliphatic rings. The lowest BCUT2D eigenvalue weighted by Gasteiger charge is -2.57. The molecule has 3 fully saturated rings. The molecule has 0 aromatic heterocycles. The summed E-state index contributed by atoms with van der Waals surface area (Å²) in [6.45, 7) is 4.25. The monoisotopic (exact) mass is 558 g/mol. The van der Waals surface area contributed by atoms with Crippen molar-refractivity contribution in [2.45, 2.75) is 67.8 Å². The zero-order chi connectivity index (χ0) is 28.1. The van der Waals surface area contributed by atoms with Crippen molar-refractivity contribution in [1.82, 2.24) is 0 Å². The number of fused-ring (bicyclic) bond motifs is 5. The smallest absolute Gasteiger partial charge is 0.385 e. The molecule has 0 amide bonds. The summed E-state index contributed by atoms with van der Waals surface area (Å²) in [6.07, 6.45) is 9.81. The quantitative estimate of drug-likeness (QED) is 0.239. The van der Waals surface area contributed by atoms with E-state index in [-0.39, 0.29) is 17.1 Å². The highest BCUT2D eigenvalue weighted by atomic mass is 32.2. The summed E-state index contributed by atoms with van der Waals surface area (Å²) in [4.78, 5) is 45.3. The minimum absolute atomic E-state index is 0.0516. The van der Waals surface area contributed by atoms with E-state index in [1.807, 2.05) is 49.4 Å². The molecule has 0 saturated heterocycles. The number of carbonyl (C=O) groups is 3. The highest BCUT2D eigenvalue weighted by Gasteiger charge is 2.70. The molecule has 7 heteroatoms. The van der Waals surface area contributed by atoms with Crippen molar-refractivity contribution in [3.8, 4) is 0 Å². The van der Waals surface area contributed by atoms with E-state index in [1.165, 1.54) is 5.57 Å². The second-order valence-electron chi connectivity index (χ2n) is 12.1. The Hall–Kier alpha value is -3.16. The van der Waals surface area contributed by atoms with Crippen LogP contribution in [0, 0.1) is 28.6 Å². The molecule has 0 radical (unpaired) electrons. The van der Waals surface area contributed by atoms with Crippen LogP contribution in [-0.2, 0) is 19.2 Å². The fourth-order valence-corrected chi connectivity index (χ4v) is 9.15. The predicted octanol–water partition coefficient (Wildman–Crippen LogP) is 7.06. The standard InChI is InChI=1S/C33H34O6S/c1-31-17-14-23(34)20-22(31)10-13-26-27(31)15-18-32(2)28(26)16-19-33(32,30(36)39-37)38-29(35)21-8-11-25(12-9-21)40-24-6-4-3-5-7-24/h3-9,11-12,14,17,20,26-28,37H,10,13,15-16,18-19H2,1-2H3/t26-,27+,28+,31+,32+,33?/m1/s1. The Morgan fingerprint density at radius 2 is 1.62 bits per heavy atom. The van der Waals surface area contributed by atoms with Gasteiger partial charge in [0.2, 0.25) is 5.60 Å². The van der Waals surface area contributed by atoms with E-state index >= 15 is 0 Å². The van der Waals surface area contributed by atoms with Crippen molar-refractivity contribution < 1.29 is 29.3 Å². The van der Waals surface area contributed by atoms with E-state index in [2.05, 4.69) is 17.9 Å². The van der Waals surface area contributed by atoms with Crippen molar-refractivity contribution in [1.29, 1.82) is 0 Å². The summed E-state index contributed by atoms with van der Waals surface area (Å²) >= 11 is 1.59. The summed E-state index contributed by atoms with van der Waals surface area (Å²) in [5.41, 5.74) is -0.888. The molecule has 40 heavy (non-hydrogen) atoms. The fraction of sp³-hybridized carbons (Fsp3) is 0.424. The number of hydrogen-bond acceptors (Lipinski definition) is 7. The fourth-order valence-electron chi connectivity index (χ4n) is 8.32. The van der Waals surface area contributed by atoms with Crippen molar-refractivity contribution in [3.05, 3.63) is 84.0 Å². The van der Waals surface area contributed by atoms with Gasteiger partial charge in [0.05, 0.1) is 5.56 Å². The van der Waals surface area contributed by atoms with Crippen LogP contribution in [0.15, 0.2) is 88.2 Å². The molecule has 1 unspecified atom stereocenters. The van der Waals surface area contributed by atoms with Crippen LogP contribution in [0.25, 0.3) is 0 Å². The van der Waals surface area contributed by atoms with Gasteiger partial charge in [-0.25, -0.2) is 9.59 Å². The Labute approximate surface area is 238 Å². The van der Waals surface area contributed by atoms with Gasteiger partial charge in [0.25, 0.3) is 0 Å². The minimum atomic E-state index is -1.57. The molecule has 4 aliphatic carbocycles. The number of allylic oxidation sites excluding steroid dienone is 4. The molecule has 0 heterocycles. The maximum absolute atomic E-state index is 13.5. The number of ether oxygens (including phenoxy) is 1. The molecule has 3 saturated carbocycles. The molecule has 0 aliphatic heterocycles. The molecule has 1 N–H and O–H groups in total. The van der Waals surface area contributed by atoms with Crippen molar-refractivity contribution in [3.63, 3.8) is 0 Å². The number of carbonyl (C=O) groups excluding carboxylic acids is 3. The third-order valence-corrected chi connectivity index (χ3v) is 11.4. The SMILES string of the molecule is C[C@]12C=CC(=O)C=C1CC[C@@H]1[C@@H]2CC[C@@]2(C)[C@H]1CCC2(OC(=O)c1ccc(Sc2ccccc2)cc1)C(=O)OO. The summed E-state index contributed by atoms with van der Waals surface area (Å²) in [7, 11) is 0. The van der Waals surface area contributed by atoms with Gasteiger partial charge in [-0.1, -0.05) is 55.5 Å². The average Bonchev–Trinajstić information content (AvgIpc) is 3.26. The topological polar surface area (TPSA) is 89.9 Å². The third kappa shape index (κ3) is 4.17. The molecular formula is C33H34O6S. The van der Waals surface area contributed by atoms with E-state index in [4.69, 9.17) is 4.74 Å². The lowest BCUT2D eigenvalue weighted by atomic mass is 9.47. The molecule has 208 valence electrons. The largest absolute Gasteiger partial charge is 0.443 e. The normalized spacial score (nSPS) is 34.2. The van der Waals surface area contributed by atoms with E-state index in [9.17, 15) is 19.6 Å². The second-order valence-corrected chi connectivity index (χ2v) is 13.3. The Kier molecular flexibility index (Phi) is 6.78. The first kappa shape index (κ1) is 27.0. The summed E-state index contributed by atoms with van der Waals surface area (Å²) in [5.74, 6) is -0.684. The van der Waals surface area contributed by atoms with Crippen LogP contribution in [0.5, 0.6) is 0 Å². The molecule has 6 nitrogen and oxygen atoms in total. The van der Waals surface area contributed by atoms with Crippen molar-refractivity contribution in [2.24, 2.45) is 28.6 Å². The number of benzene rings is 2. The first-order valence-electron chi connectivity index (χ1n) is 14.1. The number of esters is 1. The van der Waals surface area contributed by atoms with Crippen molar-refractivity contribution in [2.75, 3.05) is 0 Å². The van der Waals surface area contributed by atoms with Gasteiger partial charge in [-0.2, -0.15) is 5.26 Å². The molecule has 6 atom stereocenters. The van der Waals surface area contributed by atoms with Crippen LogP contribution >= 0.6 is 11.8 Å². The van der Waals surface area contributed by atoms with E-state index < -0.39 is 23.0 Å². The third-order valence-electron chi connectivity index (χ3n) is 10.4. The minimum Gasteiger partial charge on any atom is -0.443 e. The van der Waals surface area contributed by atoms with E-state index in [1.54, 1.807) is 36.0 Å². The van der Waals surface area contributed by atoms with Crippen LogP contribution in [0.2, 0.25) is 0 Å². The van der Waals surface area contributed by atoms with Gasteiger partial charge in [0.15, 0.2) is 5.78 Å². The second kappa shape index (κ2) is 10.0. The van der Waals surface area contributed by atoms with Gasteiger partial charge in [-0.05, 0) is 105 Å². The van der Waals surface area contributed by atoms with Crippen LogP contribution in [-0.4, -0.2) is 28.6 Å². The maximum atomic E-state index is 13.5. The molecule has 6 rings (SSSR count). The van der Waals surface area contributed by atoms with Gasteiger partial charge >= 0.3 is 11.9 Å². The highest BCUT2D eigenvalue weighted by molar-refractivity contribution is 7.99. The van der Waals surface area contributed by atoms with Crippen LogP contribution in [0.3, 0.4) is 0 Å². The van der Waals surface area contributed by atoms with Gasteiger partial charge < -0.3 is 4.74 Å². The zero-order valence-electron chi connectivity index (χ0n) is 22.8. The number of hydrogen-bond donors (Lipinski definition) is 1. The summed E-state index contributed by atoms with van der Waals surface area (Å²) in [5, 5.41) is 9.59. The molecule has 2 aromatic rings. The summed E-state index contributed by atoms with van der Waals surface area (Å²) in [6, 6.07) is 17.1. The van der Waals surface area contributed by atoms with Gasteiger partial charge in [0.1, 0.15) is 0 Å². The first-order valence-corrected chi connectivity index (χ1v) is 14.9. The predicted molar refractivity (Wildman–Crippen MR) is 150 cm³/mol. The van der Waals surface area contributed by atoms with Gasteiger partial charge in [-0.15, -0.1) is 0 Å². The van der Waals surface area contributed by atoms with Crippen LogP contribution in [0.1, 0.15) is 62.7 Å². The van der Waals surface area contributed by atoms with Crippen molar-refractivity contribution >= 4 is 29.5 Å². The van der Waals surface area contributed by atoms with Gasteiger partial charge in [-0.3, -0.25) is 9.68 Å². The maximum Gasteiger partial charge on any atom is 0.385 e. The van der Waals surface area contributed by atoms with Crippen LogP contribution in [0.4, 0.5) is 0 Å². The Balaban J connectivity index is 1.25. The lowest BCUT2D eigenvalue weighted by molar-refractivity contribution is -0.262. The van der Waals surface area contributed by atoms with E-state index in [0.717, 1.165) is 29.1 Å². The molecule has 0 spiro atoms. The molecular weight excluding hydrogens is 524 g/mol. The molecule has 2 aromatic carbocycles. The van der Waals surface area contributed by atoms with Gasteiger partial charge in [0, 0.05) is 20.6 Å². The first-order chi connectivity index (χ1) is 19.2. The van der Waals surface area contributed by atoms with Crippen LogP contribution < -0.4 is 0 Å². The number of ketones is 1.